The Balaban J connectivity index is 1.79. The van der Waals surface area contributed by atoms with Gasteiger partial charge in [0.15, 0.2) is 5.78 Å². The van der Waals surface area contributed by atoms with Crippen molar-refractivity contribution >= 4 is 48.4 Å². The van der Waals surface area contributed by atoms with Crippen LogP contribution >= 0.6 is 31.9 Å². The molecular weight excluding hydrogens is 476 g/mol. The van der Waals surface area contributed by atoms with Gasteiger partial charge in [0.2, 0.25) is 0 Å². The molecule has 0 aliphatic rings. The summed E-state index contributed by atoms with van der Waals surface area (Å²) in [5.41, 5.74) is 3.07. The lowest BCUT2D eigenvalue weighted by atomic mass is 9.83. The standard InChI is InChI=1S/C25H18Br2O/c26-20-12-8-18(9-13-20)24(16-25(28)19-10-14-21(27)15-11-19)23-7-3-5-17-4-1-2-6-22(17)23/h1-15,24H,16H2/t24-/m0/s1. The van der Waals surface area contributed by atoms with Crippen LogP contribution in [0.1, 0.15) is 33.8 Å². The zero-order chi connectivity index (χ0) is 19.5. The number of Topliss-reactive ketones (excluding diaryl/α,β-unsaturated/α-hetero) is 1. The van der Waals surface area contributed by atoms with Crippen LogP contribution in [-0.4, -0.2) is 5.78 Å². The smallest absolute Gasteiger partial charge is 0.163 e. The first-order valence-electron chi connectivity index (χ1n) is 9.14. The highest BCUT2D eigenvalue weighted by Crippen LogP contribution is 2.35. The minimum absolute atomic E-state index is 0.00431. The van der Waals surface area contributed by atoms with E-state index in [1.54, 1.807) is 0 Å². The zero-order valence-corrected chi connectivity index (χ0v) is 18.3. The van der Waals surface area contributed by atoms with Crippen molar-refractivity contribution in [2.75, 3.05) is 0 Å². The number of rotatable bonds is 5. The lowest BCUT2D eigenvalue weighted by Gasteiger charge is -2.20. The lowest BCUT2D eigenvalue weighted by molar-refractivity contribution is 0.0978. The van der Waals surface area contributed by atoms with Gasteiger partial charge in [0.05, 0.1) is 0 Å². The molecule has 0 aromatic heterocycles. The molecule has 0 saturated carbocycles. The molecule has 138 valence electrons. The summed E-state index contributed by atoms with van der Waals surface area (Å²) < 4.78 is 2.01. The predicted octanol–water partition coefficient (Wildman–Crippen LogP) is 7.77. The molecule has 4 aromatic rings. The summed E-state index contributed by atoms with van der Waals surface area (Å²) in [4.78, 5) is 13.1. The molecular formula is C25H18Br2O. The molecule has 28 heavy (non-hydrogen) atoms. The normalized spacial score (nSPS) is 12.1. The number of benzene rings is 4. The fourth-order valence-electron chi connectivity index (χ4n) is 3.60. The van der Waals surface area contributed by atoms with Gasteiger partial charge in [-0.15, -0.1) is 0 Å². The van der Waals surface area contributed by atoms with Gasteiger partial charge in [0.25, 0.3) is 0 Å². The van der Waals surface area contributed by atoms with Gasteiger partial charge in [-0.3, -0.25) is 4.79 Å². The topological polar surface area (TPSA) is 17.1 Å². The monoisotopic (exact) mass is 492 g/mol. The highest BCUT2D eigenvalue weighted by atomic mass is 79.9. The molecule has 0 amide bonds. The van der Waals surface area contributed by atoms with Crippen molar-refractivity contribution < 1.29 is 4.79 Å². The van der Waals surface area contributed by atoms with Crippen LogP contribution in [0.2, 0.25) is 0 Å². The van der Waals surface area contributed by atoms with Crippen molar-refractivity contribution in [1.82, 2.24) is 0 Å². The Labute approximate surface area is 181 Å². The fourth-order valence-corrected chi connectivity index (χ4v) is 4.12. The van der Waals surface area contributed by atoms with Crippen molar-refractivity contribution in [3.05, 3.63) is 117 Å². The van der Waals surface area contributed by atoms with Crippen LogP contribution in [0.15, 0.2) is 99.9 Å². The molecule has 4 aromatic carbocycles. The predicted molar refractivity (Wildman–Crippen MR) is 123 cm³/mol. The first kappa shape index (κ1) is 19.1. The third kappa shape index (κ3) is 4.11. The molecule has 4 rings (SSSR count). The first-order valence-corrected chi connectivity index (χ1v) is 10.7. The lowest BCUT2D eigenvalue weighted by Crippen LogP contribution is -2.10. The fraction of sp³-hybridized carbons (Fsp3) is 0.0800. The van der Waals surface area contributed by atoms with E-state index in [9.17, 15) is 4.79 Å². The molecule has 0 aliphatic heterocycles. The van der Waals surface area contributed by atoms with E-state index in [0.29, 0.717) is 6.42 Å². The quantitative estimate of drug-likeness (QED) is 0.259. The second-order valence-corrected chi connectivity index (χ2v) is 8.64. The van der Waals surface area contributed by atoms with Crippen LogP contribution in [0, 0.1) is 0 Å². The van der Waals surface area contributed by atoms with Gasteiger partial charge in [0, 0.05) is 26.8 Å². The third-order valence-electron chi connectivity index (χ3n) is 5.03. The second-order valence-electron chi connectivity index (χ2n) is 6.81. The summed E-state index contributed by atoms with van der Waals surface area (Å²) in [5.74, 6) is 0.142. The van der Waals surface area contributed by atoms with Crippen LogP contribution in [-0.2, 0) is 0 Å². The van der Waals surface area contributed by atoms with Crippen molar-refractivity contribution in [2.45, 2.75) is 12.3 Å². The molecule has 1 atom stereocenters. The summed E-state index contributed by atoms with van der Waals surface area (Å²) in [5, 5.41) is 2.39. The van der Waals surface area contributed by atoms with Crippen LogP contribution < -0.4 is 0 Å². The van der Waals surface area contributed by atoms with Crippen molar-refractivity contribution in [1.29, 1.82) is 0 Å². The van der Waals surface area contributed by atoms with E-state index in [1.165, 1.54) is 16.3 Å². The summed E-state index contributed by atoms with van der Waals surface area (Å²) in [6, 6.07) is 30.6. The number of carbonyl (C=O) groups is 1. The molecule has 0 spiro atoms. The Hall–Kier alpha value is -2.23. The number of halogens is 2. The Bertz CT molecular complexity index is 1110. The summed E-state index contributed by atoms with van der Waals surface area (Å²) in [6.45, 7) is 0. The van der Waals surface area contributed by atoms with Crippen molar-refractivity contribution in [3.63, 3.8) is 0 Å². The molecule has 0 N–H and O–H groups in total. The average Bonchev–Trinajstić information content (AvgIpc) is 2.73. The van der Waals surface area contributed by atoms with E-state index in [0.717, 1.165) is 20.1 Å². The Morgan fingerprint density at radius 3 is 2.04 bits per heavy atom. The highest BCUT2D eigenvalue weighted by molar-refractivity contribution is 9.10. The maximum absolute atomic E-state index is 13.1. The molecule has 0 fully saturated rings. The average molecular weight is 494 g/mol. The summed E-state index contributed by atoms with van der Waals surface area (Å²) in [7, 11) is 0. The second kappa shape index (κ2) is 8.42. The van der Waals surface area contributed by atoms with E-state index >= 15 is 0 Å². The third-order valence-corrected chi connectivity index (χ3v) is 6.08. The largest absolute Gasteiger partial charge is 0.294 e. The van der Waals surface area contributed by atoms with Crippen LogP contribution in [0.4, 0.5) is 0 Å². The molecule has 0 unspecified atom stereocenters. The van der Waals surface area contributed by atoms with Gasteiger partial charge in [0.1, 0.15) is 0 Å². The minimum Gasteiger partial charge on any atom is -0.294 e. The van der Waals surface area contributed by atoms with E-state index in [-0.39, 0.29) is 11.7 Å². The molecule has 0 saturated heterocycles. The SMILES string of the molecule is O=C(C[C@@H](c1ccc(Br)cc1)c1cccc2ccccc12)c1ccc(Br)cc1. The van der Waals surface area contributed by atoms with Crippen LogP contribution in [0.25, 0.3) is 10.8 Å². The Morgan fingerprint density at radius 2 is 1.32 bits per heavy atom. The molecule has 0 bridgehead atoms. The van der Waals surface area contributed by atoms with Gasteiger partial charge in [-0.2, -0.15) is 0 Å². The Morgan fingerprint density at radius 1 is 0.714 bits per heavy atom. The maximum atomic E-state index is 13.1. The number of ketones is 1. The van der Waals surface area contributed by atoms with Gasteiger partial charge in [-0.1, -0.05) is 98.6 Å². The van der Waals surface area contributed by atoms with E-state index in [1.807, 2.05) is 42.5 Å². The first-order chi connectivity index (χ1) is 13.6. The number of fused-ring (bicyclic) bond motifs is 1. The minimum atomic E-state index is -0.00431. The van der Waals surface area contributed by atoms with E-state index in [2.05, 4.69) is 80.4 Å². The molecule has 0 aliphatic carbocycles. The van der Waals surface area contributed by atoms with E-state index < -0.39 is 0 Å². The van der Waals surface area contributed by atoms with Crippen molar-refractivity contribution in [2.24, 2.45) is 0 Å². The van der Waals surface area contributed by atoms with Crippen molar-refractivity contribution in [3.8, 4) is 0 Å². The maximum Gasteiger partial charge on any atom is 0.163 e. The van der Waals surface area contributed by atoms with E-state index in [4.69, 9.17) is 0 Å². The van der Waals surface area contributed by atoms with Gasteiger partial charge < -0.3 is 0 Å². The van der Waals surface area contributed by atoms with Gasteiger partial charge in [-0.05, 0) is 46.2 Å². The van der Waals surface area contributed by atoms with Crippen LogP contribution in [0.5, 0.6) is 0 Å². The molecule has 3 heteroatoms. The highest BCUT2D eigenvalue weighted by Gasteiger charge is 2.21. The number of hydrogen-bond donors (Lipinski definition) is 0. The molecule has 1 nitrogen and oxygen atoms in total. The van der Waals surface area contributed by atoms with Crippen LogP contribution in [0.3, 0.4) is 0 Å². The van der Waals surface area contributed by atoms with Gasteiger partial charge in [-0.25, -0.2) is 0 Å². The summed E-state index contributed by atoms with van der Waals surface area (Å²) in [6.07, 6.45) is 0.428. The molecule has 0 heterocycles. The summed E-state index contributed by atoms with van der Waals surface area (Å²) >= 11 is 6.95. The Kier molecular flexibility index (Phi) is 5.74. The van der Waals surface area contributed by atoms with Gasteiger partial charge >= 0.3 is 0 Å². The zero-order valence-electron chi connectivity index (χ0n) is 15.1. The number of carbonyl (C=O) groups excluding carboxylic acids is 1. The number of hydrogen-bond acceptors (Lipinski definition) is 1. The molecule has 0 radical (unpaired) electrons.